The van der Waals surface area contributed by atoms with Gasteiger partial charge >= 0.3 is 0 Å². The highest BCUT2D eigenvalue weighted by Crippen LogP contribution is 2.14. The van der Waals surface area contributed by atoms with Crippen LogP contribution < -0.4 is 5.32 Å². The molecule has 1 rings (SSSR count). The van der Waals surface area contributed by atoms with Gasteiger partial charge in [0.25, 0.3) is 0 Å². The lowest BCUT2D eigenvalue weighted by Crippen LogP contribution is -2.16. The number of hydrogen-bond donors (Lipinski definition) is 1. The molecule has 0 aromatic carbocycles. The predicted molar refractivity (Wildman–Crippen MR) is 82.2 cm³/mol. The minimum atomic E-state index is 0.555. The lowest BCUT2D eigenvalue weighted by Gasteiger charge is -2.12. The molecule has 0 amide bonds. The Morgan fingerprint density at radius 3 is 2.58 bits per heavy atom. The number of nitrogens with zero attached hydrogens (tertiary/aromatic N) is 2. The van der Waals surface area contributed by atoms with Crippen molar-refractivity contribution in [3.05, 3.63) is 18.0 Å². The fourth-order valence-electron chi connectivity index (χ4n) is 2.36. The topological polar surface area (TPSA) is 29.9 Å². The zero-order valence-electron chi connectivity index (χ0n) is 13.2. The maximum absolute atomic E-state index is 4.65. The van der Waals surface area contributed by atoms with Crippen LogP contribution in [0, 0.1) is 5.92 Å². The number of hydrogen-bond acceptors (Lipinski definition) is 2. The highest BCUT2D eigenvalue weighted by Gasteiger charge is 2.07. The van der Waals surface area contributed by atoms with Crippen molar-refractivity contribution in [3.63, 3.8) is 0 Å². The molecule has 0 saturated heterocycles. The first-order valence-corrected chi connectivity index (χ1v) is 7.92. The van der Waals surface area contributed by atoms with Crippen molar-refractivity contribution in [3.8, 4) is 0 Å². The van der Waals surface area contributed by atoms with Gasteiger partial charge in [-0.2, -0.15) is 5.10 Å². The van der Waals surface area contributed by atoms with Gasteiger partial charge in [0.15, 0.2) is 0 Å². The molecular formula is C16H31N3. The predicted octanol–water partition coefficient (Wildman–Crippen LogP) is 4.16. The van der Waals surface area contributed by atoms with Crippen LogP contribution in [-0.2, 0) is 6.54 Å². The summed E-state index contributed by atoms with van der Waals surface area (Å²) in [6.07, 6.45) is 8.36. The summed E-state index contributed by atoms with van der Waals surface area (Å²) in [5.41, 5.74) is 1.16. The lowest BCUT2D eigenvalue weighted by atomic mass is 10.1. The van der Waals surface area contributed by atoms with Crippen LogP contribution in [0.5, 0.6) is 0 Å². The molecule has 0 aliphatic rings. The van der Waals surface area contributed by atoms with Gasteiger partial charge in [-0.05, 0) is 37.8 Å². The Balaban J connectivity index is 2.19. The zero-order chi connectivity index (χ0) is 14.1. The summed E-state index contributed by atoms with van der Waals surface area (Å²) in [7, 11) is 0. The van der Waals surface area contributed by atoms with Crippen molar-refractivity contribution in [2.24, 2.45) is 5.92 Å². The molecule has 3 heteroatoms. The molecule has 0 bridgehead atoms. The van der Waals surface area contributed by atoms with Gasteiger partial charge < -0.3 is 5.32 Å². The van der Waals surface area contributed by atoms with Gasteiger partial charge in [-0.15, -0.1) is 0 Å². The Morgan fingerprint density at radius 2 is 1.95 bits per heavy atom. The smallest absolute Gasteiger partial charge is 0.0762 e. The molecule has 0 atom stereocenters. The largest absolute Gasteiger partial charge is 0.311 e. The van der Waals surface area contributed by atoms with Crippen LogP contribution >= 0.6 is 0 Å². The molecule has 1 aromatic rings. The molecule has 1 heterocycles. The van der Waals surface area contributed by atoms with E-state index >= 15 is 0 Å². The standard InChI is InChI=1S/C16H31N3/c1-5-16(6-2)19-12-10-15(18-19)13-17-11-8-7-9-14(3)4/h10,12,14,16-17H,5-9,11,13H2,1-4H3. The first-order valence-electron chi connectivity index (χ1n) is 7.92. The third-order valence-corrected chi connectivity index (χ3v) is 3.67. The summed E-state index contributed by atoms with van der Waals surface area (Å²) >= 11 is 0. The average molecular weight is 265 g/mol. The van der Waals surface area contributed by atoms with E-state index < -0.39 is 0 Å². The van der Waals surface area contributed by atoms with E-state index in [4.69, 9.17) is 0 Å². The Bertz CT molecular complexity index is 326. The number of nitrogens with one attached hydrogen (secondary N) is 1. The molecular weight excluding hydrogens is 234 g/mol. The van der Waals surface area contributed by atoms with Crippen LogP contribution in [-0.4, -0.2) is 16.3 Å². The van der Waals surface area contributed by atoms with Crippen molar-refractivity contribution in [2.45, 2.75) is 72.4 Å². The highest BCUT2D eigenvalue weighted by molar-refractivity contribution is 4.99. The molecule has 0 spiro atoms. The monoisotopic (exact) mass is 265 g/mol. The van der Waals surface area contributed by atoms with Crippen molar-refractivity contribution in [1.82, 2.24) is 15.1 Å². The molecule has 0 fully saturated rings. The number of aromatic nitrogens is 2. The molecule has 0 aliphatic heterocycles. The Labute approximate surface area is 118 Å². The molecule has 3 nitrogen and oxygen atoms in total. The van der Waals surface area contributed by atoms with Crippen molar-refractivity contribution in [1.29, 1.82) is 0 Å². The Morgan fingerprint density at radius 1 is 1.21 bits per heavy atom. The van der Waals surface area contributed by atoms with Crippen LogP contribution in [0.4, 0.5) is 0 Å². The molecule has 0 radical (unpaired) electrons. The van der Waals surface area contributed by atoms with E-state index in [1.807, 2.05) is 0 Å². The van der Waals surface area contributed by atoms with E-state index in [0.29, 0.717) is 6.04 Å². The Kier molecular flexibility index (Phi) is 7.80. The first-order chi connectivity index (χ1) is 9.17. The van der Waals surface area contributed by atoms with E-state index in [9.17, 15) is 0 Å². The number of rotatable bonds is 10. The molecule has 1 aromatic heterocycles. The third-order valence-electron chi connectivity index (χ3n) is 3.67. The van der Waals surface area contributed by atoms with Crippen molar-refractivity contribution < 1.29 is 0 Å². The van der Waals surface area contributed by atoms with Gasteiger partial charge in [-0.25, -0.2) is 0 Å². The highest BCUT2D eigenvalue weighted by atomic mass is 15.3. The summed E-state index contributed by atoms with van der Waals surface area (Å²) in [4.78, 5) is 0. The van der Waals surface area contributed by atoms with E-state index in [1.54, 1.807) is 0 Å². The summed E-state index contributed by atoms with van der Waals surface area (Å²) in [5, 5.41) is 8.14. The average Bonchev–Trinajstić information content (AvgIpc) is 2.83. The van der Waals surface area contributed by atoms with Crippen LogP contribution in [0.1, 0.15) is 71.5 Å². The minimum Gasteiger partial charge on any atom is -0.311 e. The quantitative estimate of drug-likeness (QED) is 0.644. The fourth-order valence-corrected chi connectivity index (χ4v) is 2.36. The molecule has 19 heavy (non-hydrogen) atoms. The Hall–Kier alpha value is -0.830. The fraction of sp³-hybridized carbons (Fsp3) is 0.812. The van der Waals surface area contributed by atoms with Gasteiger partial charge in [0.05, 0.1) is 11.7 Å². The molecule has 1 N–H and O–H groups in total. The van der Waals surface area contributed by atoms with Gasteiger partial charge in [-0.1, -0.05) is 40.5 Å². The maximum Gasteiger partial charge on any atom is 0.0762 e. The second-order valence-electron chi connectivity index (χ2n) is 5.82. The zero-order valence-corrected chi connectivity index (χ0v) is 13.2. The molecule has 0 aliphatic carbocycles. The third kappa shape index (κ3) is 6.24. The van der Waals surface area contributed by atoms with E-state index in [1.165, 1.54) is 19.3 Å². The molecule has 110 valence electrons. The summed E-state index contributed by atoms with van der Waals surface area (Å²) < 4.78 is 2.12. The molecule has 0 saturated carbocycles. The van der Waals surface area contributed by atoms with E-state index in [2.05, 4.69) is 55.1 Å². The van der Waals surface area contributed by atoms with Gasteiger partial charge in [-0.3, -0.25) is 4.68 Å². The number of unbranched alkanes of at least 4 members (excludes halogenated alkanes) is 1. The maximum atomic E-state index is 4.65. The van der Waals surface area contributed by atoms with Crippen molar-refractivity contribution in [2.75, 3.05) is 6.54 Å². The van der Waals surface area contributed by atoms with Gasteiger partial charge in [0, 0.05) is 12.7 Å². The SMILES string of the molecule is CCC(CC)n1ccc(CNCCCCC(C)C)n1. The van der Waals surface area contributed by atoms with Crippen LogP contribution in [0.3, 0.4) is 0 Å². The normalized spacial score (nSPS) is 11.7. The summed E-state index contributed by atoms with van der Waals surface area (Å²) in [5.74, 6) is 0.829. The van der Waals surface area contributed by atoms with Crippen molar-refractivity contribution >= 4 is 0 Å². The van der Waals surface area contributed by atoms with Gasteiger partial charge in [0.1, 0.15) is 0 Å². The molecule has 0 unspecified atom stereocenters. The van der Waals surface area contributed by atoms with Crippen LogP contribution in [0.15, 0.2) is 12.3 Å². The van der Waals surface area contributed by atoms with E-state index in [0.717, 1.165) is 37.5 Å². The lowest BCUT2D eigenvalue weighted by molar-refractivity contribution is 0.424. The van der Waals surface area contributed by atoms with Gasteiger partial charge in [0.2, 0.25) is 0 Å². The second-order valence-corrected chi connectivity index (χ2v) is 5.82. The van der Waals surface area contributed by atoms with E-state index in [-0.39, 0.29) is 0 Å². The van der Waals surface area contributed by atoms with Crippen LogP contribution in [0.2, 0.25) is 0 Å². The summed E-state index contributed by atoms with van der Waals surface area (Å²) in [6, 6.07) is 2.69. The first kappa shape index (κ1) is 16.2. The minimum absolute atomic E-state index is 0.555. The summed E-state index contributed by atoms with van der Waals surface area (Å²) in [6.45, 7) is 11.0. The van der Waals surface area contributed by atoms with Crippen LogP contribution in [0.25, 0.3) is 0 Å². The second kappa shape index (κ2) is 9.13.